The summed E-state index contributed by atoms with van der Waals surface area (Å²) in [4.78, 5) is 4.21. The van der Waals surface area contributed by atoms with E-state index in [1.807, 2.05) is 30.5 Å². The zero-order valence-corrected chi connectivity index (χ0v) is 11.8. The molecular weight excluding hydrogens is 260 g/mol. The van der Waals surface area contributed by atoms with Gasteiger partial charge < -0.3 is 10.1 Å². The van der Waals surface area contributed by atoms with Crippen LogP contribution in [0.15, 0.2) is 42.7 Å². The molecule has 0 amide bonds. The summed E-state index contributed by atoms with van der Waals surface area (Å²) in [7, 11) is 1.64. The first-order chi connectivity index (χ1) is 9.24. The monoisotopic (exact) mass is 276 g/mol. The number of halogens is 1. The summed E-state index contributed by atoms with van der Waals surface area (Å²) in [5, 5.41) is 4.17. The van der Waals surface area contributed by atoms with E-state index < -0.39 is 0 Å². The van der Waals surface area contributed by atoms with Gasteiger partial charge in [0, 0.05) is 11.2 Å². The zero-order chi connectivity index (χ0) is 13.7. The molecule has 19 heavy (non-hydrogen) atoms. The highest BCUT2D eigenvalue weighted by Gasteiger charge is 2.14. The topological polar surface area (TPSA) is 34.2 Å². The number of pyridine rings is 1. The molecule has 0 fully saturated rings. The van der Waals surface area contributed by atoms with Crippen molar-refractivity contribution < 1.29 is 4.74 Å². The van der Waals surface area contributed by atoms with Crippen molar-refractivity contribution in [2.24, 2.45) is 0 Å². The first kappa shape index (κ1) is 13.8. The fourth-order valence-corrected chi connectivity index (χ4v) is 2.22. The number of methoxy groups -OCH3 is 1. The highest BCUT2D eigenvalue weighted by molar-refractivity contribution is 6.30. The molecule has 0 aliphatic rings. The van der Waals surface area contributed by atoms with Gasteiger partial charge in [-0.15, -0.1) is 0 Å². The number of nitrogens with one attached hydrogen (secondary N) is 1. The Balaban J connectivity index is 2.38. The summed E-state index contributed by atoms with van der Waals surface area (Å²) in [5.41, 5.74) is 2.17. The summed E-state index contributed by atoms with van der Waals surface area (Å²) in [5.74, 6) is 0.752. The van der Waals surface area contributed by atoms with E-state index in [-0.39, 0.29) is 6.04 Å². The SMILES string of the molecule is CCNC(c1cccc(Cl)c1)c1cncc(OC)c1. The van der Waals surface area contributed by atoms with Crippen LogP contribution in [0.5, 0.6) is 5.75 Å². The van der Waals surface area contributed by atoms with Crippen LogP contribution in [-0.4, -0.2) is 18.6 Å². The number of hydrogen-bond donors (Lipinski definition) is 1. The molecule has 0 aliphatic heterocycles. The molecule has 1 atom stereocenters. The highest BCUT2D eigenvalue weighted by atomic mass is 35.5. The van der Waals surface area contributed by atoms with E-state index in [0.717, 1.165) is 28.4 Å². The molecule has 1 aromatic heterocycles. The number of nitrogens with zero attached hydrogens (tertiary/aromatic N) is 1. The van der Waals surface area contributed by atoms with Crippen molar-refractivity contribution in [2.75, 3.05) is 13.7 Å². The number of ether oxygens (including phenoxy) is 1. The molecule has 0 aliphatic carbocycles. The van der Waals surface area contributed by atoms with Gasteiger partial charge in [-0.25, -0.2) is 0 Å². The summed E-state index contributed by atoms with van der Waals surface area (Å²) in [6.45, 7) is 2.93. The van der Waals surface area contributed by atoms with Crippen LogP contribution in [-0.2, 0) is 0 Å². The average Bonchev–Trinajstić information content (AvgIpc) is 2.45. The lowest BCUT2D eigenvalue weighted by molar-refractivity contribution is 0.411. The van der Waals surface area contributed by atoms with Crippen LogP contribution >= 0.6 is 11.6 Å². The maximum absolute atomic E-state index is 6.07. The summed E-state index contributed by atoms with van der Waals surface area (Å²) in [6.07, 6.45) is 3.54. The van der Waals surface area contributed by atoms with Gasteiger partial charge in [0.2, 0.25) is 0 Å². The largest absolute Gasteiger partial charge is 0.495 e. The standard InChI is InChI=1S/C15H17ClN2O/c1-3-18-15(11-5-4-6-13(16)7-11)12-8-14(19-2)10-17-9-12/h4-10,15,18H,3H2,1-2H3. The van der Waals surface area contributed by atoms with Crippen molar-refractivity contribution in [3.63, 3.8) is 0 Å². The van der Waals surface area contributed by atoms with Crippen molar-refractivity contribution in [3.05, 3.63) is 58.9 Å². The molecule has 0 radical (unpaired) electrons. The molecule has 0 saturated carbocycles. The molecular formula is C15H17ClN2O. The first-order valence-corrected chi connectivity index (χ1v) is 6.60. The Bertz CT molecular complexity index is 545. The molecule has 3 nitrogen and oxygen atoms in total. The Morgan fingerprint density at radius 3 is 2.79 bits per heavy atom. The van der Waals surface area contributed by atoms with E-state index in [9.17, 15) is 0 Å². The Labute approximate surface area is 118 Å². The predicted molar refractivity (Wildman–Crippen MR) is 77.8 cm³/mol. The number of benzene rings is 1. The van der Waals surface area contributed by atoms with Gasteiger partial charge in [-0.1, -0.05) is 30.7 Å². The van der Waals surface area contributed by atoms with Crippen LogP contribution in [0.1, 0.15) is 24.1 Å². The third kappa shape index (κ3) is 3.46. The lowest BCUT2D eigenvalue weighted by atomic mass is 10.00. The molecule has 0 spiro atoms. The van der Waals surface area contributed by atoms with Gasteiger partial charge in [-0.05, 0) is 35.9 Å². The van der Waals surface area contributed by atoms with Gasteiger partial charge in [0.05, 0.1) is 19.3 Å². The van der Waals surface area contributed by atoms with E-state index in [2.05, 4.69) is 23.3 Å². The van der Waals surface area contributed by atoms with Gasteiger partial charge in [0.25, 0.3) is 0 Å². The Hall–Kier alpha value is -1.58. The molecule has 1 aromatic carbocycles. The van der Waals surface area contributed by atoms with E-state index >= 15 is 0 Å². The third-order valence-electron chi connectivity index (χ3n) is 2.89. The predicted octanol–water partition coefficient (Wildman–Crippen LogP) is 3.44. The second kappa shape index (κ2) is 6.55. The molecule has 2 rings (SSSR count). The Morgan fingerprint density at radius 2 is 2.11 bits per heavy atom. The van der Waals surface area contributed by atoms with Gasteiger partial charge in [0.15, 0.2) is 0 Å². The maximum Gasteiger partial charge on any atom is 0.137 e. The van der Waals surface area contributed by atoms with Gasteiger partial charge >= 0.3 is 0 Å². The van der Waals surface area contributed by atoms with Crippen LogP contribution in [0.3, 0.4) is 0 Å². The van der Waals surface area contributed by atoms with E-state index in [1.165, 1.54) is 0 Å². The second-order valence-electron chi connectivity index (χ2n) is 4.20. The summed E-state index contributed by atoms with van der Waals surface area (Å²) < 4.78 is 5.23. The van der Waals surface area contributed by atoms with Gasteiger partial charge in [-0.3, -0.25) is 4.98 Å². The van der Waals surface area contributed by atoms with E-state index in [0.29, 0.717) is 0 Å². The van der Waals surface area contributed by atoms with Crippen molar-refractivity contribution in [2.45, 2.75) is 13.0 Å². The van der Waals surface area contributed by atoms with Crippen LogP contribution in [0.25, 0.3) is 0 Å². The fourth-order valence-electron chi connectivity index (χ4n) is 2.02. The number of aromatic nitrogens is 1. The Kier molecular flexibility index (Phi) is 4.77. The van der Waals surface area contributed by atoms with Crippen molar-refractivity contribution in [3.8, 4) is 5.75 Å². The zero-order valence-electron chi connectivity index (χ0n) is 11.1. The molecule has 4 heteroatoms. The van der Waals surface area contributed by atoms with Crippen LogP contribution < -0.4 is 10.1 Å². The quantitative estimate of drug-likeness (QED) is 0.908. The summed E-state index contributed by atoms with van der Waals surface area (Å²) >= 11 is 6.07. The molecule has 1 N–H and O–H groups in total. The minimum atomic E-state index is 0.0614. The summed E-state index contributed by atoms with van der Waals surface area (Å²) in [6, 6.07) is 9.90. The van der Waals surface area contributed by atoms with Crippen molar-refractivity contribution in [1.82, 2.24) is 10.3 Å². The average molecular weight is 277 g/mol. The van der Waals surface area contributed by atoms with Gasteiger partial charge in [0.1, 0.15) is 5.75 Å². The Morgan fingerprint density at radius 1 is 1.26 bits per heavy atom. The van der Waals surface area contributed by atoms with Crippen LogP contribution in [0.2, 0.25) is 5.02 Å². The van der Waals surface area contributed by atoms with Crippen molar-refractivity contribution in [1.29, 1.82) is 0 Å². The van der Waals surface area contributed by atoms with Crippen molar-refractivity contribution >= 4 is 11.6 Å². The molecule has 0 saturated heterocycles. The number of hydrogen-bond acceptors (Lipinski definition) is 3. The minimum Gasteiger partial charge on any atom is -0.495 e. The number of rotatable bonds is 5. The third-order valence-corrected chi connectivity index (χ3v) is 3.13. The van der Waals surface area contributed by atoms with Crippen LogP contribution in [0.4, 0.5) is 0 Å². The lowest BCUT2D eigenvalue weighted by Gasteiger charge is -2.19. The molecule has 0 bridgehead atoms. The lowest BCUT2D eigenvalue weighted by Crippen LogP contribution is -2.22. The fraction of sp³-hybridized carbons (Fsp3) is 0.267. The van der Waals surface area contributed by atoms with E-state index in [4.69, 9.17) is 16.3 Å². The normalized spacial score (nSPS) is 12.2. The molecule has 100 valence electrons. The van der Waals surface area contributed by atoms with E-state index in [1.54, 1.807) is 13.3 Å². The first-order valence-electron chi connectivity index (χ1n) is 6.22. The second-order valence-corrected chi connectivity index (χ2v) is 4.64. The smallest absolute Gasteiger partial charge is 0.137 e. The van der Waals surface area contributed by atoms with Crippen LogP contribution in [0, 0.1) is 0 Å². The maximum atomic E-state index is 6.07. The minimum absolute atomic E-state index is 0.0614. The highest BCUT2D eigenvalue weighted by Crippen LogP contribution is 2.26. The molecule has 1 heterocycles. The molecule has 1 unspecified atom stereocenters. The van der Waals surface area contributed by atoms with Gasteiger partial charge in [-0.2, -0.15) is 0 Å². The molecule has 2 aromatic rings.